The summed E-state index contributed by atoms with van der Waals surface area (Å²) in [6.07, 6.45) is 2.26. The standard InChI is InChI=1S/C16H24N4O2S/c1-11(2)23-20(17)16(21)22-14-7-5-6-13-15(14)12(10-18-13)8-9-19(3)4/h5-7,10-11,18H,8-9,17H2,1-4H3. The van der Waals surface area contributed by atoms with Crippen LogP contribution in [-0.4, -0.2) is 46.3 Å². The van der Waals surface area contributed by atoms with E-state index in [-0.39, 0.29) is 5.25 Å². The first kappa shape index (κ1) is 17.7. The molecule has 0 radical (unpaired) electrons. The van der Waals surface area contributed by atoms with Gasteiger partial charge in [0, 0.05) is 28.9 Å². The molecule has 7 heteroatoms. The first-order chi connectivity index (χ1) is 10.9. The number of rotatable bonds is 6. The average molecular weight is 336 g/mol. The summed E-state index contributed by atoms with van der Waals surface area (Å²) in [6.45, 7) is 4.84. The summed E-state index contributed by atoms with van der Waals surface area (Å²) in [7, 11) is 4.07. The number of fused-ring (bicyclic) bond motifs is 1. The van der Waals surface area contributed by atoms with Gasteiger partial charge in [0.25, 0.3) is 0 Å². The summed E-state index contributed by atoms with van der Waals surface area (Å²) in [5, 5.41) is 1.14. The number of nitrogens with one attached hydrogen (secondary N) is 1. The molecular weight excluding hydrogens is 312 g/mol. The van der Waals surface area contributed by atoms with E-state index in [0.29, 0.717) is 5.75 Å². The summed E-state index contributed by atoms with van der Waals surface area (Å²) in [5.41, 5.74) is 2.07. The number of amides is 1. The van der Waals surface area contributed by atoms with E-state index in [0.717, 1.165) is 33.8 Å². The van der Waals surface area contributed by atoms with Crippen molar-refractivity contribution < 1.29 is 9.53 Å². The molecule has 1 aromatic carbocycles. The number of likely N-dealkylation sites (N-methyl/N-ethyl adjacent to an activating group) is 1. The Kier molecular flexibility index (Phi) is 5.92. The SMILES string of the molecule is CC(C)SN(N)C(=O)Oc1cccc2[nH]cc(CCN(C)C)c12. The molecule has 23 heavy (non-hydrogen) atoms. The lowest BCUT2D eigenvalue weighted by atomic mass is 10.1. The van der Waals surface area contributed by atoms with Crippen LogP contribution in [0.5, 0.6) is 5.75 Å². The summed E-state index contributed by atoms with van der Waals surface area (Å²) in [4.78, 5) is 17.5. The number of nitrogens with zero attached hydrogens (tertiary/aromatic N) is 2. The largest absolute Gasteiger partial charge is 0.440 e. The van der Waals surface area contributed by atoms with E-state index in [1.807, 2.05) is 46.3 Å². The van der Waals surface area contributed by atoms with Crippen molar-refractivity contribution in [3.05, 3.63) is 30.0 Å². The van der Waals surface area contributed by atoms with Crippen molar-refractivity contribution in [1.29, 1.82) is 0 Å². The predicted molar refractivity (Wildman–Crippen MR) is 95.3 cm³/mol. The fourth-order valence-corrected chi connectivity index (χ4v) is 2.83. The third-order valence-corrected chi connectivity index (χ3v) is 4.08. The molecule has 6 nitrogen and oxygen atoms in total. The number of nitrogens with two attached hydrogens (primary N) is 1. The zero-order chi connectivity index (χ0) is 17.0. The molecule has 0 aliphatic rings. The number of ether oxygens (including phenoxy) is 1. The van der Waals surface area contributed by atoms with Crippen LogP contribution in [-0.2, 0) is 6.42 Å². The number of benzene rings is 1. The van der Waals surface area contributed by atoms with E-state index in [1.54, 1.807) is 6.07 Å². The molecule has 0 bridgehead atoms. The Labute approximate surface area is 141 Å². The lowest BCUT2D eigenvalue weighted by Gasteiger charge is -2.17. The topological polar surface area (TPSA) is 74.6 Å². The van der Waals surface area contributed by atoms with E-state index in [2.05, 4.69) is 9.88 Å². The zero-order valence-corrected chi connectivity index (χ0v) is 14.8. The van der Waals surface area contributed by atoms with Crippen molar-refractivity contribution in [2.24, 2.45) is 5.84 Å². The summed E-state index contributed by atoms with van der Waals surface area (Å²) in [5.74, 6) is 6.26. The molecule has 0 saturated carbocycles. The Hall–Kier alpha value is -1.70. The molecule has 126 valence electrons. The highest BCUT2D eigenvalue weighted by Crippen LogP contribution is 2.30. The second-order valence-corrected chi connectivity index (χ2v) is 7.44. The van der Waals surface area contributed by atoms with Crippen LogP contribution < -0.4 is 10.6 Å². The van der Waals surface area contributed by atoms with E-state index in [1.165, 1.54) is 11.9 Å². The Bertz CT molecular complexity index is 669. The predicted octanol–water partition coefficient (Wildman–Crippen LogP) is 3.00. The highest BCUT2D eigenvalue weighted by molar-refractivity contribution is 7.98. The van der Waals surface area contributed by atoms with Crippen LogP contribution in [0.2, 0.25) is 0 Å². The smallest absolute Gasteiger partial charge is 0.408 e. The monoisotopic (exact) mass is 336 g/mol. The number of aromatic nitrogens is 1. The minimum absolute atomic E-state index is 0.200. The highest BCUT2D eigenvalue weighted by atomic mass is 32.2. The Morgan fingerprint density at radius 1 is 1.39 bits per heavy atom. The van der Waals surface area contributed by atoms with Gasteiger partial charge in [-0.3, -0.25) is 0 Å². The van der Waals surface area contributed by atoms with Crippen molar-refractivity contribution in [3.8, 4) is 5.75 Å². The Morgan fingerprint density at radius 3 is 2.78 bits per heavy atom. The molecule has 0 aliphatic carbocycles. The van der Waals surface area contributed by atoms with Crippen LogP contribution in [0.1, 0.15) is 19.4 Å². The van der Waals surface area contributed by atoms with Crippen LogP contribution in [0.4, 0.5) is 4.79 Å². The van der Waals surface area contributed by atoms with Gasteiger partial charge >= 0.3 is 6.09 Å². The fourth-order valence-electron chi connectivity index (χ4n) is 2.26. The molecule has 1 aromatic heterocycles. The van der Waals surface area contributed by atoms with Gasteiger partial charge in [0.15, 0.2) is 0 Å². The fraction of sp³-hybridized carbons (Fsp3) is 0.438. The molecule has 0 saturated heterocycles. The second kappa shape index (κ2) is 7.72. The highest BCUT2D eigenvalue weighted by Gasteiger charge is 2.17. The van der Waals surface area contributed by atoms with E-state index >= 15 is 0 Å². The second-order valence-electron chi connectivity index (χ2n) is 5.89. The third-order valence-electron chi connectivity index (χ3n) is 3.28. The van der Waals surface area contributed by atoms with Gasteiger partial charge in [-0.25, -0.2) is 10.6 Å². The first-order valence-corrected chi connectivity index (χ1v) is 8.39. The minimum Gasteiger partial charge on any atom is -0.408 e. The maximum atomic E-state index is 12.1. The van der Waals surface area contributed by atoms with Crippen LogP contribution in [0.25, 0.3) is 10.9 Å². The average Bonchev–Trinajstić information content (AvgIpc) is 2.88. The molecule has 0 aliphatic heterocycles. The molecule has 0 fully saturated rings. The molecule has 1 heterocycles. The first-order valence-electron chi connectivity index (χ1n) is 7.55. The van der Waals surface area contributed by atoms with Crippen LogP contribution >= 0.6 is 11.9 Å². The van der Waals surface area contributed by atoms with Crippen molar-refractivity contribution in [2.45, 2.75) is 25.5 Å². The van der Waals surface area contributed by atoms with Gasteiger partial charge in [0.1, 0.15) is 5.75 Å². The minimum atomic E-state index is -0.573. The van der Waals surface area contributed by atoms with Crippen molar-refractivity contribution in [2.75, 3.05) is 20.6 Å². The summed E-state index contributed by atoms with van der Waals surface area (Å²) in [6, 6.07) is 5.61. The summed E-state index contributed by atoms with van der Waals surface area (Å²) < 4.78 is 6.54. The number of hydrogen-bond donors (Lipinski definition) is 2. The molecule has 0 atom stereocenters. The zero-order valence-electron chi connectivity index (χ0n) is 14.0. The van der Waals surface area contributed by atoms with Gasteiger partial charge in [0.2, 0.25) is 0 Å². The van der Waals surface area contributed by atoms with Gasteiger partial charge in [-0.15, -0.1) is 0 Å². The Balaban J connectivity index is 2.22. The van der Waals surface area contributed by atoms with Crippen molar-refractivity contribution in [1.82, 2.24) is 14.3 Å². The van der Waals surface area contributed by atoms with Gasteiger partial charge in [-0.2, -0.15) is 4.41 Å². The molecule has 0 spiro atoms. The van der Waals surface area contributed by atoms with Crippen LogP contribution in [0.3, 0.4) is 0 Å². The van der Waals surface area contributed by atoms with Crippen molar-refractivity contribution in [3.63, 3.8) is 0 Å². The van der Waals surface area contributed by atoms with E-state index in [4.69, 9.17) is 10.6 Å². The maximum Gasteiger partial charge on any atom is 0.440 e. The molecule has 2 rings (SSSR count). The number of hydrogen-bond acceptors (Lipinski definition) is 5. The van der Waals surface area contributed by atoms with Crippen molar-refractivity contribution >= 4 is 28.9 Å². The number of hydrazine groups is 1. The molecule has 0 unspecified atom stereocenters. The number of aromatic amines is 1. The van der Waals surface area contributed by atoms with Gasteiger partial charge in [0.05, 0.1) is 0 Å². The molecular formula is C16H24N4O2S. The molecule has 3 N–H and O–H groups in total. The summed E-state index contributed by atoms with van der Waals surface area (Å²) >= 11 is 1.23. The van der Waals surface area contributed by atoms with Gasteiger partial charge in [-0.05, 0) is 50.2 Å². The molecule has 2 aromatic rings. The van der Waals surface area contributed by atoms with Gasteiger partial charge in [-0.1, -0.05) is 19.9 Å². The lowest BCUT2D eigenvalue weighted by Crippen LogP contribution is -2.34. The van der Waals surface area contributed by atoms with E-state index in [9.17, 15) is 4.79 Å². The van der Waals surface area contributed by atoms with E-state index < -0.39 is 6.09 Å². The number of carbonyl (C=O) groups is 1. The number of carbonyl (C=O) groups excluding carboxylic acids is 1. The lowest BCUT2D eigenvalue weighted by molar-refractivity contribution is 0.183. The quantitative estimate of drug-likeness (QED) is 0.367. The van der Waals surface area contributed by atoms with Gasteiger partial charge < -0.3 is 14.6 Å². The van der Waals surface area contributed by atoms with Crippen LogP contribution in [0, 0.1) is 0 Å². The number of H-pyrrole nitrogens is 1. The Morgan fingerprint density at radius 2 is 2.13 bits per heavy atom. The third kappa shape index (κ3) is 4.63. The van der Waals surface area contributed by atoms with Crippen LogP contribution in [0.15, 0.2) is 24.4 Å². The molecule has 1 amide bonds. The normalized spacial score (nSPS) is 11.4. The maximum absolute atomic E-state index is 12.1.